The summed E-state index contributed by atoms with van der Waals surface area (Å²) >= 11 is 1.45. The van der Waals surface area contributed by atoms with Crippen LogP contribution in [-0.2, 0) is 4.79 Å². The van der Waals surface area contributed by atoms with Gasteiger partial charge >= 0.3 is 0 Å². The molecule has 0 N–H and O–H groups in total. The summed E-state index contributed by atoms with van der Waals surface area (Å²) in [7, 11) is 0. The van der Waals surface area contributed by atoms with Gasteiger partial charge in [-0.05, 0) is 24.0 Å². The van der Waals surface area contributed by atoms with Crippen LogP contribution in [0.1, 0.15) is 37.5 Å². The van der Waals surface area contributed by atoms with E-state index in [9.17, 15) is 9.59 Å². The molecule has 0 saturated carbocycles. The van der Waals surface area contributed by atoms with Crippen molar-refractivity contribution in [1.82, 2.24) is 19.7 Å². The number of anilines is 1. The standard InChI is InChI=1S/C20H19N5O3S/c1-4-29-20-21-18-17(22-23-20)14-8-5-6-9-15(14)25(13(3)27)19(28-18)16-10-7-11-24(16)12(2)26/h5-11,19H,4H2,1-3H3. The highest BCUT2D eigenvalue weighted by Gasteiger charge is 2.36. The third-order valence-corrected chi connectivity index (χ3v) is 5.22. The average molecular weight is 409 g/mol. The number of benzene rings is 1. The molecular formula is C20H19N5O3S. The lowest BCUT2D eigenvalue weighted by atomic mass is 10.1. The van der Waals surface area contributed by atoms with Gasteiger partial charge in [-0.3, -0.25) is 19.1 Å². The number of aromatic nitrogens is 4. The fourth-order valence-electron chi connectivity index (χ4n) is 3.32. The Morgan fingerprint density at radius 1 is 1.10 bits per heavy atom. The monoisotopic (exact) mass is 409 g/mol. The normalized spacial score (nSPS) is 15.1. The Balaban J connectivity index is 1.97. The summed E-state index contributed by atoms with van der Waals surface area (Å²) in [6, 6.07) is 10.9. The number of hydrogen-bond acceptors (Lipinski definition) is 7. The molecule has 0 bridgehead atoms. The van der Waals surface area contributed by atoms with E-state index in [2.05, 4.69) is 15.2 Å². The first-order valence-corrected chi connectivity index (χ1v) is 10.1. The minimum Gasteiger partial charge on any atom is -0.445 e. The summed E-state index contributed by atoms with van der Waals surface area (Å²) in [5.41, 5.74) is 2.29. The molecule has 3 heterocycles. The van der Waals surface area contributed by atoms with Gasteiger partial charge in [-0.25, -0.2) is 0 Å². The number of carbonyl (C=O) groups excluding carboxylic acids is 2. The first-order valence-electron chi connectivity index (χ1n) is 9.12. The van der Waals surface area contributed by atoms with E-state index in [1.807, 2.05) is 31.2 Å². The van der Waals surface area contributed by atoms with Crippen molar-refractivity contribution >= 4 is 29.3 Å². The average Bonchev–Trinajstić information content (AvgIpc) is 3.13. The molecule has 1 aliphatic heterocycles. The van der Waals surface area contributed by atoms with Crippen LogP contribution >= 0.6 is 11.8 Å². The molecule has 0 radical (unpaired) electrons. The summed E-state index contributed by atoms with van der Waals surface area (Å²) in [5.74, 6) is 0.641. The number of thioether (sulfide) groups is 1. The molecule has 8 nitrogen and oxygen atoms in total. The Morgan fingerprint density at radius 3 is 2.62 bits per heavy atom. The highest BCUT2D eigenvalue weighted by molar-refractivity contribution is 7.99. The molecule has 148 valence electrons. The molecule has 0 spiro atoms. The SMILES string of the molecule is CCSc1nnc2c(n1)OC(c1cccn1C(C)=O)N(C(C)=O)c1ccccc1-2. The number of para-hydroxylation sites is 1. The lowest BCUT2D eigenvalue weighted by Crippen LogP contribution is -2.37. The molecule has 0 aliphatic carbocycles. The fraction of sp³-hybridized carbons (Fsp3) is 0.250. The molecule has 1 amide bonds. The van der Waals surface area contributed by atoms with Crippen LogP contribution in [0.15, 0.2) is 47.8 Å². The van der Waals surface area contributed by atoms with Crippen LogP contribution in [0.5, 0.6) is 5.88 Å². The third-order valence-electron chi connectivity index (χ3n) is 4.50. The molecule has 1 atom stereocenters. The Hall–Kier alpha value is -3.20. The van der Waals surface area contributed by atoms with Crippen LogP contribution in [0, 0.1) is 0 Å². The van der Waals surface area contributed by atoms with Crippen molar-refractivity contribution in [3.8, 4) is 17.1 Å². The number of ether oxygens (including phenoxy) is 1. The Kier molecular flexibility index (Phi) is 5.06. The van der Waals surface area contributed by atoms with E-state index in [0.29, 0.717) is 27.8 Å². The van der Waals surface area contributed by atoms with Crippen molar-refractivity contribution in [2.75, 3.05) is 10.7 Å². The quantitative estimate of drug-likeness (QED) is 0.611. The van der Waals surface area contributed by atoms with Crippen molar-refractivity contribution in [2.24, 2.45) is 0 Å². The summed E-state index contributed by atoms with van der Waals surface area (Å²) in [4.78, 5) is 30.9. The second kappa shape index (κ2) is 7.67. The summed E-state index contributed by atoms with van der Waals surface area (Å²) in [5, 5.41) is 9.01. The van der Waals surface area contributed by atoms with E-state index in [1.54, 1.807) is 18.3 Å². The van der Waals surface area contributed by atoms with Crippen LogP contribution < -0.4 is 9.64 Å². The molecule has 3 aromatic rings. The van der Waals surface area contributed by atoms with Gasteiger partial charge in [0, 0.05) is 25.6 Å². The van der Waals surface area contributed by atoms with E-state index in [0.717, 1.165) is 5.75 Å². The first-order chi connectivity index (χ1) is 14.0. The minimum absolute atomic E-state index is 0.183. The van der Waals surface area contributed by atoms with Crippen LogP contribution in [0.4, 0.5) is 5.69 Å². The molecule has 2 aromatic heterocycles. The molecular weight excluding hydrogens is 390 g/mol. The van der Waals surface area contributed by atoms with Crippen LogP contribution in [-0.4, -0.2) is 37.3 Å². The number of hydrogen-bond donors (Lipinski definition) is 0. The van der Waals surface area contributed by atoms with Gasteiger partial charge in [-0.2, -0.15) is 4.98 Å². The van der Waals surface area contributed by atoms with Gasteiger partial charge in [0.05, 0.1) is 11.4 Å². The van der Waals surface area contributed by atoms with Crippen LogP contribution in [0.2, 0.25) is 0 Å². The highest BCUT2D eigenvalue weighted by Crippen LogP contribution is 2.43. The molecule has 1 unspecified atom stereocenters. The number of nitrogens with zero attached hydrogens (tertiary/aromatic N) is 5. The van der Waals surface area contributed by atoms with Gasteiger partial charge < -0.3 is 4.74 Å². The topological polar surface area (TPSA) is 90.2 Å². The fourth-order valence-corrected chi connectivity index (χ4v) is 3.82. The third kappa shape index (κ3) is 3.38. The van der Waals surface area contributed by atoms with Crippen molar-refractivity contribution in [3.05, 3.63) is 48.3 Å². The van der Waals surface area contributed by atoms with Crippen LogP contribution in [0.3, 0.4) is 0 Å². The van der Waals surface area contributed by atoms with E-state index < -0.39 is 6.23 Å². The molecule has 0 fully saturated rings. The first kappa shape index (κ1) is 19.1. The molecule has 0 saturated heterocycles. The maximum atomic E-state index is 12.7. The zero-order valence-electron chi connectivity index (χ0n) is 16.2. The molecule has 1 aliphatic rings. The van der Waals surface area contributed by atoms with E-state index in [4.69, 9.17) is 4.74 Å². The maximum Gasteiger partial charge on any atom is 0.247 e. The highest BCUT2D eigenvalue weighted by atomic mass is 32.2. The zero-order valence-corrected chi connectivity index (χ0v) is 17.0. The van der Waals surface area contributed by atoms with Crippen molar-refractivity contribution < 1.29 is 14.3 Å². The molecule has 1 aromatic carbocycles. The predicted octanol–water partition coefficient (Wildman–Crippen LogP) is 3.56. The zero-order chi connectivity index (χ0) is 20.5. The van der Waals surface area contributed by atoms with Gasteiger partial charge in [0.25, 0.3) is 0 Å². The van der Waals surface area contributed by atoms with E-state index >= 15 is 0 Å². The summed E-state index contributed by atoms with van der Waals surface area (Å²) < 4.78 is 7.70. The largest absolute Gasteiger partial charge is 0.445 e. The van der Waals surface area contributed by atoms with Crippen molar-refractivity contribution in [3.63, 3.8) is 0 Å². The van der Waals surface area contributed by atoms with Gasteiger partial charge in [0.15, 0.2) is 5.69 Å². The number of carbonyl (C=O) groups is 2. The summed E-state index contributed by atoms with van der Waals surface area (Å²) in [6.45, 7) is 4.91. The Bertz CT molecular complexity index is 1100. The Labute approximate surface area is 171 Å². The maximum absolute atomic E-state index is 12.7. The van der Waals surface area contributed by atoms with E-state index in [-0.39, 0.29) is 17.7 Å². The van der Waals surface area contributed by atoms with Crippen molar-refractivity contribution in [1.29, 1.82) is 0 Å². The molecule has 29 heavy (non-hydrogen) atoms. The smallest absolute Gasteiger partial charge is 0.247 e. The summed E-state index contributed by atoms with van der Waals surface area (Å²) in [6.07, 6.45) is 0.762. The van der Waals surface area contributed by atoms with Gasteiger partial charge in [0.2, 0.25) is 29.1 Å². The molecule has 9 heteroatoms. The minimum atomic E-state index is -0.884. The second-order valence-corrected chi connectivity index (χ2v) is 7.61. The number of amides is 1. The lowest BCUT2D eigenvalue weighted by Gasteiger charge is -2.30. The predicted molar refractivity (Wildman–Crippen MR) is 109 cm³/mol. The van der Waals surface area contributed by atoms with Crippen LogP contribution in [0.25, 0.3) is 11.3 Å². The van der Waals surface area contributed by atoms with Crippen molar-refractivity contribution in [2.45, 2.75) is 32.2 Å². The van der Waals surface area contributed by atoms with Gasteiger partial charge in [0.1, 0.15) is 0 Å². The second-order valence-electron chi connectivity index (χ2n) is 6.38. The Morgan fingerprint density at radius 2 is 1.90 bits per heavy atom. The molecule has 4 rings (SSSR count). The number of fused-ring (bicyclic) bond motifs is 3. The van der Waals surface area contributed by atoms with E-state index in [1.165, 1.54) is 35.1 Å². The number of rotatable bonds is 3. The van der Waals surface area contributed by atoms with Gasteiger partial charge in [-0.15, -0.1) is 10.2 Å². The lowest BCUT2D eigenvalue weighted by molar-refractivity contribution is -0.118. The van der Waals surface area contributed by atoms with Gasteiger partial charge in [-0.1, -0.05) is 36.9 Å².